The van der Waals surface area contributed by atoms with Crippen LogP contribution in [-0.4, -0.2) is 9.55 Å². The van der Waals surface area contributed by atoms with Crippen LogP contribution in [0.25, 0.3) is 0 Å². The Morgan fingerprint density at radius 1 is 1.00 bits per heavy atom. The average Bonchev–Trinajstić information content (AvgIpc) is 2.78. The van der Waals surface area contributed by atoms with Gasteiger partial charge in [-0.15, -0.1) is 0 Å². The normalized spacial score (nSPS) is 10.8. The second kappa shape index (κ2) is 7.13. The van der Waals surface area contributed by atoms with Gasteiger partial charge in [0.05, 0.1) is 5.69 Å². The van der Waals surface area contributed by atoms with E-state index in [1.165, 1.54) is 36.3 Å². The first kappa shape index (κ1) is 13.9. The number of nitrogens with zero attached hydrogens (tertiary/aromatic N) is 2. The van der Waals surface area contributed by atoms with E-state index >= 15 is 0 Å². The van der Waals surface area contributed by atoms with Gasteiger partial charge in [-0.2, -0.15) is 0 Å². The molecule has 0 aliphatic rings. The summed E-state index contributed by atoms with van der Waals surface area (Å²) in [7, 11) is 2.11. The van der Waals surface area contributed by atoms with E-state index in [-0.39, 0.29) is 0 Å². The van der Waals surface area contributed by atoms with Crippen LogP contribution in [0.1, 0.15) is 43.3 Å². The lowest BCUT2D eigenvalue weighted by molar-refractivity contribution is 0.710. The molecule has 0 unspecified atom stereocenters. The predicted octanol–water partition coefficient (Wildman–Crippen LogP) is 3.94. The summed E-state index contributed by atoms with van der Waals surface area (Å²) in [4.78, 5) is 4.74. The molecule has 1 aromatic carbocycles. The zero-order chi connectivity index (χ0) is 13.5. The predicted molar refractivity (Wildman–Crippen MR) is 80.3 cm³/mol. The van der Waals surface area contributed by atoms with Crippen LogP contribution in [0.2, 0.25) is 0 Å². The largest absolute Gasteiger partial charge is 0.338 e. The van der Waals surface area contributed by atoms with Crippen molar-refractivity contribution in [3.63, 3.8) is 0 Å². The average molecular weight is 256 g/mol. The molecular formula is C17H24N2. The molecule has 0 aliphatic heterocycles. The van der Waals surface area contributed by atoms with Gasteiger partial charge in [0, 0.05) is 19.7 Å². The Hall–Kier alpha value is -1.57. The molecule has 0 radical (unpaired) electrons. The molecule has 0 amide bonds. The minimum Gasteiger partial charge on any atom is -0.338 e. The van der Waals surface area contributed by atoms with E-state index in [9.17, 15) is 0 Å². The molecule has 0 fully saturated rings. The van der Waals surface area contributed by atoms with Gasteiger partial charge >= 0.3 is 0 Å². The van der Waals surface area contributed by atoms with Crippen molar-refractivity contribution in [2.75, 3.05) is 0 Å². The van der Waals surface area contributed by atoms with Gasteiger partial charge in [0.2, 0.25) is 0 Å². The fourth-order valence-corrected chi connectivity index (χ4v) is 2.38. The van der Waals surface area contributed by atoms with Crippen molar-refractivity contribution in [2.24, 2.45) is 7.05 Å². The molecule has 1 aromatic heterocycles. The van der Waals surface area contributed by atoms with Crippen LogP contribution in [0.4, 0.5) is 0 Å². The number of unbranched alkanes of at least 4 members (excludes halogenated alkanes) is 1. The molecular weight excluding hydrogens is 232 g/mol. The molecule has 2 nitrogen and oxygen atoms in total. The zero-order valence-corrected chi connectivity index (χ0v) is 12.1. The van der Waals surface area contributed by atoms with E-state index in [1.807, 2.05) is 0 Å². The molecule has 1 heterocycles. The molecule has 102 valence electrons. The lowest BCUT2D eigenvalue weighted by Gasteiger charge is -1.99. The van der Waals surface area contributed by atoms with Crippen LogP contribution in [0.15, 0.2) is 36.5 Å². The molecule has 2 rings (SSSR count). The summed E-state index contributed by atoms with van der Waals surface area (Å²) in [5.41, 5.74) is 2.66. The molecule has 0 atom stereocenters. The summed E-state index contributed by atoms with van der Waals surface area (Å²) in [6.45, 7) is 2.23. The van der Waals surface area contributed by atoms with E-state index in [0.29, 0.717) is 0 Å². The molecule has 19 heavy (non-hydrogen) atoms. The molecule has 0 saturated carbocycles. The third kappa shape index (κ3) is 4.23. The SMILES string of the molecule is CCCCc1nc(CCCc2ccccc2)cn1C. The van der Waals surface area contributed by atoms with E-state index < -0.39 is 0 Å². The van der Waals surface area contributed by atoms with Crippen molar-refractivity contribution in [3.8, 4) is 0 Å². The van der Waals surface area contributed by atoms with E-state index in [4.69, 9.17) is 4.98 Å². The van der Waals surface area contributed by atoms with E-state index in [2.05, 4.69) is 55.1 Å². The van der Waals surface area contributed by atoms with Crippen molar-refractivity contribution in [1.29, 1.82) is 0 Å². The van der Waals surface area contributed by atoms with Crippen LogP contribution in [0, 0.1) is 0 Å². The van der Waals surface area contributed by atoms with Crippen molar-refractivity contribution in [2.45, 2.75) is 45.4 Å². The van der Waals surface area contributed by atoms with Crippen molar-refractivity contribution < 1.29 is 0 Å². The second-order valence-corrected chi connectivity index (χ2v) is 5.20. The number of aryl methyl sites for hydroxylation is 4. The molecule has 2 aromatic rings. The Morgan fingerprint density at radius 3 is 2.53 bits per heavy atom. The van der Waals surface area contributed by atoms with Gasteiger partial charge in [0.15, 0.2) is 0 Å². The third-order valence-electron chi connectivity index (χ3n) is 3.52. The Kier molecular flexibility index (Phi) is 5.20. The van der Waals surface area contributed by atoms with Crippen LogP contribution in [-0.2, 0) is 26.3 Å². The van der Waals surface area contributed by atoms with Gasteiger partial charge in [-0.25, -0.2) is 4.98 Å². The van der Waals surface area contributed by atoms with Crippen molar-refractivity contribution in [3.05, 3.63) is 53.6 Å². The van der Waals surface area contributed by atoms with Crippen LogP contribution >= 0.6 is 0 Å². The Morgan fingerprint density at radius 2 is 1.79 bits per heavy atom. The third-order valence-corrected chi connectivity index (χ3v) is 3.52. The number of hydrogen-bond donors (Lipinski definition) is 0. The Labute approximate surface area is 116 Å². The highest BCUT2D eigenvalue weighted by Gasteiger charge is 2.04. The van der Waals surface area contributed by atoms with Crippen LogP contribution in [0.5, 0.6) is 0 Å². The van der Waals surface area contributed by atoms with E-state index in [1.54, 1.807) is 0 Å². The maximum absolute atomic E-state index is 4.74. The monoisotopic (exact) mass is 256 g/mol. The molecule has 0 saturated heterocycles. The van der Waals surface area contributed by atoms with Crippen LogP contribution in [0.3, 0.4) is 0 Å². The smallest absolute Gasteiger partial charge is 0.108 e. The Balaban J connectivity index is 1.83. The van der Waals surface area contributed by atoms with Crippen molar-refractivity contribution in [1.82, 2.24) is 9.55 Å². The van der Waals surface area contributed by atoms with Crippen molar-refractivity contribution >= 4 is 0 Å². The van der Waals surface area contributed by atoms with Gasteiger partial charge in [0.25, 0.3) is 0 Å². The molecule has 0 aliphatic carbocycles. The zero-order valence-electron chi connectivity index (χ0n) is 12.1. The minimum atomic E-state index is 1.08. The lowest BCUT2D eigenvalue weighted by Crippen LogP contribution is -1.96. The van der Waals surface area contributed by atoms with Crippen LogP contribution < -0.4 is 0 Å². The molecule has 0 spiro atoms. The maximum atomic E-state index is 4.74. The quantitative estimate of drug-likeness (QED) is 0.733. The summed E-state index contributed by atoms with van der Waals surface area (Å²) in [6, 6.07) is 10.7. The topological polar surface area (TPSA) is 17.8 Å². The molecule has 2 heteroatoms. The molecule has 0 N–H and O–H groups in total. The second-order valence-electron chi connectivity index (χ2n) is 5.20. The first-order valence-electron chi connectivity index (χ1n) is 7.34. The summed E-state index contributed by atoms with van der Waals surface area (Å²) in [5, 5.41) is 0. The van der Waals surface area contributed by atoms with Gasteiger partial charge < -0.3 is 4.57 Å². The standard InChI is InChI=1S/C17H24N2/c1-3-4-13-17-18-16(14-19(17)2)12-8-11-15-9-6-5-7-10-15/h5-7,9-10,14H,3-4,8,11-13H2,1-2H3. The first-order valence-corrected chi connectivity index (χ1v) is 7.34. The summed E-state index contributed by atoms with van der Waals surface area (Å²) in [5.74, 6) is 1.23. The number of rotatable bonds is 7. The molecule has 0 bridgehead atoms. The lowest BCUT2D eigenvalue weighted by atomic mass is 10.1. The first-order chi connectivity index (χ1) is 9.29. The highest BCUT2D eigenvalue weighted by molar-refractivity contribution is 5.15. The summed E-state index contributed by atoms with van der Waals surface area (Å²) < 4.78 is 2.19. The van der Waals surface area contributed by atoms with Gasteiger partial charge in [0.1, 0.15) is 5.82 Å². The van der Waals surface area contributed by atoms with Gasteiger partial charge in [-0.3, -0.25) is 0 Å². The minimum absolute atomic E-state index is 1.08. The summed E-state index contributed by atoms with van der Waals surface area (Å²) in [6.07, 6.45) is 9.15. The highest BCUT2D eigenvalue weighted by atomic mass is 15.0. The van der Waals surface area contributed by atoms with Gasteiger partial charge in [-0.05, 0) is 31.2 Å². The Bertz CT molecular complexity index is 485. The number of imidazole rings is 1. The fraction of sp³-hybridized carbons (Fsp3) is 0.471. The fourth-order valence-electron chi connectivity index (χ4n) is 2.38. The van der Waals surface area contributed by atoms with Gasteiger partial charge in [-0.1, -0.05) is 43.7 Å². The maximum Gasteiger partial charge on any atom is 0.108 e. The highest BCUT2D eigenvalue weighted by Crippen LogP contribution is 2.10. The number of aromatic nitrogens is 2. The number of benzene rings is 1. The summed E-state index contributed by atoms with van der Waals surface area (Å²) >= 11 is 0. The number of hydrogen-bond acceptors (Lipinski definition) is 1. The van der Waals surface area contributed by atoms with E-state index in [0.717, 1.165) is 19.3 Å².